The highest BCUT2D eigenvalue weighted by Crippen LogP contribution is 2.47. The van der Waals surface area contributed by atoms with Gasteiger partial charge >= 0.3 is 0 Å². The molecule has 2 N–H and O–H groups in total. The van der Waals surface area contributed by atoms with Crippen LogP contribution in [0.25, 0.3) is 11.2 Å². The number of aromatic nitrogens is 4. The van der Waals surface area contributed by atoms with Gasteiger partial charge in [0.25, 0.3) is 0 Å². The van der Waals surface area contributed by atoms with Crippen LogP contribution in [0.1, 0.15) is 0 Å². The van der Waals surface area contributed by atoms with Gasteiger partial charge in [0.15, 0.2) is 11.5 Å². The van der Waals surface area contributed by atoms with Crippen LogP contribution in [0.5, 0.6) is 0 Å². The van der Waals surface area contributed by atoms with Crippen molar-refractivity contribution < 1.29 is 33.1 Å². The Bertz CT molecular complexity index is 775. The van der Waals surface area contributed by atoms with Gasteiger partial charge in [0, 0.05) is 5.90 Å². The molecule has 0 amide bonds. The van der Waals surface area contributed by atoms with E-state index in [9.17, 15) is 23.8 Å². The third-order valence-electron chi connectivity index (χ3n) is 2.52. The van der Waals surface area contributed by atoms with Crippen molar-refractivity contribution >= 4 is 32.2 Å². The zero-order valence-electron chi connectivity index (χ0n) is 11.6. The Morgan fingerprint density at radius 1 is 1.17 bits per heavy atom. The van der Waals surface area contributed by atoms with E-state index in [0.717, 1.165) is 0 Å². The van der Waals surface area contributed by atoms with Crippen molar-refractivity contribution in [3.63, 3.8) is 0 Å². The SMILES string of the molecule is Nc1ncnc2c1ncn2COCCOP(=O)([O-])CP(=O)([O-])[O-]. The van der Waals surface area contributed by atoms with E-state index in [1.807, 2.05) is 0 Å². The summed E-state index contributed by atoms with van der Waals surface area (Å²) in [4.78, 5) is 43.7. The molecule has 0 aliphatic rings. The first-order valence-corrected chi connectivity index (χ1v) is 9.58. The normalized spacial score (nSPS) is 14.9. The maximum absolute atomic E-state index is 11.2. The van der Waals surface area contributed by atoms with Crippen molar-refractivity contribution in [1.29, 1.82) is 0 Å². The maximum Gasteiger partial charge on any atom is 0.167 e. The molecule has 12 nitrogen and oxygen atoms in total. The standard InChI is InChI=1S/C9H15N5O7P2/c10-8-7-9(12-3-11-8)14(4-13-7)5-20-1-2-21-23(18,19)6-22(15,16)17/h3-4H,1-2,5-6H2,(H,18,19)(H2,10,11,12)(H2,15,16,17)/p-3. The molecular formula is C9H12N5O7P2-3. The van der Waals surface area contributed by atoms with E-state index in [2.05, 4.69) is 19.5 Å². The molecule has 0 spiro atoms. The van der Waals surface area contributed by atoms with Gasteiger partial charge in [-0.15, -0.1) is 0 Å². The average Bonchev–Trinajstić information content (AvgIpc) is 2.80. The Morgan fingerprint density at radius 3 is 2.61 bits per heavy atom. The third kappa shape index (κ3) is 5.33. The van der Waals surface area contributed by atoms with E-state index in [1.54, 1.807) is 0 Å². The molecule has 0 radical (unpaired) electrons. The summed E-state index contributed by atoms with van der Waals surface area (Å²) in [6.07, 6.45) is 2.68. The van der Waals surface area contributed by atoms with Crippen LogP contribution in [0.4, 0.5) is 5.82 Å². The number of hydrogen-bond acceptors (Lipinski definition) is 11. The summed E-state index contributed by atoms with van der Waals surface area (Å²) in [5.74, 6) is -1.36. The molecule has 2 aromatic rings. The highest BCUT2D eigenvalue weighted by atomic mass is 31.2. The molecule has 23 heavy (non-hydrogen) atoms. The molecule has 0 saturated heterocycles. The van der Waals surface area contributed by atoms with Gasteiger partial charge in [-0.2, -0.15) is 0 Å². The quantitative estimate of drug-likeness (QED) is 0.395. The van der Waals surface area contributed by atoms with Crippen molar-refractivity contribution in [2.45, 2.75) is 6.73 Å². The lowest BCUT2D eigenvalue weighted by Crippen LogP contribution is -2.21. The van der Waals surface area contributed by atoms with E-state index >= 15 is 0 Å². The van der Waals surface area contributed by atoms with Gasteiger partial charge in [-0.1, -0.05) is 7.60 Å². The monoisotopic (exact) mass is 364 g/mol. The molecular weight excluding hydrogens is 352 g/mol. The highest BCUT2D eigenvalue weighted by molar-refractivity contribution is 7.67. The first-order chi connectivity index (χ1) is 10.7. The Kier molecular flexibility index (Phi) is 5.48. The number of anilines is 1. The van der Waals surface area contributed by atoms with Crippen LogP contribution in [0.15, 0.2) is 12.7 Å². The summed E-state index contributed by atoms with van der Waals surface area (Å²) in [5.41, 5.74) is 6.45. The summed E-state index contributed by atoms with van der Waals surface area (Å²) in [5, 5.41) is 0. The Morgan fingerprint density at radius 2 is 1.91 bits per heavy atom. The van der Waals surface area contributed by atoms with Gasteiger partial charge in [0.2, 0.25) is 0 Å². The molecule has 14 heteroatoms. The summed E-state index contributed by atoms with van der Waals surface area (Å²) in [7, 11) is -9.93. The summed E-state index contributed by atoms with van der Waals surface area (Å²) in [6, 6.07) is 0. The number of imidazole rings is 1. The second kappa shape index (κ2) is 7.02. The Labute approximate surface area is 130 Å². The fraction of sp³-hybridized carbons (Fsp3) is 0.444. The topological polar surface area (TPSA) is 191 Å². The minimum Gasteiger partial charge on any atom is -0.810 e. The summed E-state index contributed by atoms with van der Waals surface area (Å²) < 4.78 is 32.6. The average molecular weight is 364 g/mol. The van der Waals surface area contributed by atoms with Crippen LogP contribution < -0.4 is 20.4 Å². The number of hydrogen-bond donors (Lipinski definition) is 1. The van der Waals surface area contributed by atoms with Crippen molar-refractivity contribution in [2.24, 2.45) is 0 Å². The predicted molar refractivity (Wildman–Crippen MR) is 71.7 cm³/mol. The van der Waals surface area contributed by atoms with E-state index < -0.39 is 27.7 Å². The van der Waals surface area contributed by atoms with Gasteiger partial charge in [-0.3, -0.25) is 4.57 Å². The number of ether oxygens (including phenoxy) is 1. The fourth-order valence-corrected chi connectivity index (χ4v) is 4.02. The lowest BCUT2D eigenvalue weighted by atomic mass is 10.5. The summed E-state index contributed by atoms with van der Waals surface area (Å²) in [6.45, 7) is -0.597. The second-order valence-electron chi connectivity index (χ2n) is 4.38. The van der Waals surface area contributed by atoms with Gasteiger partial charge < -0.3 is 38.8 Å². The molecule has 2 heterocycles. The number of fused-ring (bicyclic) bond motifs is 1. The summed E-state index contributed by atoms with van der Waals surface area (Å²) >= 11 is 0. The van der Waals surface area contributed by atoms with E-state index in [0.29, 0.717) is 11.2 Å². The minimum atomic E-state index is -5.19. The van der Waals surface area contributed by atoms with Crippen LogP contribution in [0.3, 0.4) is 0 Å². The number of rotatable bonds is 8. The largest absolute Gasteiger partial charge is 0.810 e. The third-order valence-corrected chi connectivity index (χ3v) is 5.87. The van der Waals surface area contributed by atoms with Crippen molar-refractivity contribution in [1.82, 2.24) is 19.5 Å². The number of nitrogen functional groups attached to an aromatic ring is 1. The van der Waals surface area contributed by atoms with Crippen molar-refractivity contribution in [3.8, 4) is 0 Å². The predicted octanol–water partition coefficient (Wildman–Crippen LogP) is -2.18. The Balaban J connectivity index is 1.80. The van der Waals surface area contributed by atoms with E-state index in [-0.39, 0.29) is 19.2 Å². The lowest BCUT2D eigenvalue weighted by molar-refractivity contribution is -0.313. The lowest BCUT2D eigenvalue weighted by Gasteiger charge is -2.35. The molecule has 1 unspecified atom stereocenters. The zero-order valence-corrected chi connectivity index (χ0v) is 13.4. The van der Waals surface area contributed by atoms with Gasteiger partial charge in [-0.05, 0) is 0 Å². The molecule has 1 atom stereocenters. The Hall–Kier alpha value is -1.39. The number of nitrogens with zero attached hydrogens (tertiary/aromatic N) is 4. The molecule has 0 bridgehead atoms. The molecule has 2 rings (SSSR count). The van der Waals surface area contributed by atoms with Gasteiger partial charge in [0.1, 0.15) is 26.2 Å². The molecule has 0 aromatic carbocycles. The molecule has 0 saturated carbocycles. The first-order valence-electron chi connectivity index (χ1n) is 6.13. The van der Waals surface area contributed by atoms with Gasteiger partial charge in [-0.25, -0.2) is 15.0 Å². The molecule has 0 fully saturated rings. The van der Waals surface area contributed by atoms with Crippen LogP contribution in [-0.4, -0.2) is 38.6 Å². The van der Waals surface area contributed by atoms with Crippen LogP contribution in [0, 0.1) is 0 Å². The molecule has 128 valence electrons. The first kappa shape index (κ1) is 18.0. The molecule has 2 aromatic heterocycles. The number of nitrogens with two attached hydrogens (primary N) is 1. The van der Waals surface area contributed by atoms with Crippen LogP contribution in [0.2, 0.25) is 0 Å². The van der Waals surface area contributed by atoms with Crippen molar-refractivity contribution in [3.05, 3.63) is 12.7 Å². The van der Waals surface area contributed by atoms with Gasteiger partial charge in [0.05, 0.1) is 19.5 Å². The maximum atomic E-state index is 11.2. The smallest absolute Gasteiger partial charge is 0.167 e. The zero-order chi connectivity index (χ0) is 17.1. The molecule has 0 aliphatic carbocycles. The van der Waals surface area contributed by atoms with Crippen molar-refractivity contribution in [2.75, 3.05) is 24.9 Å². The second-order valence-corrected chi connectivity index (χ2v) is 8.21. The molecule has 0 aliphatic heterocycles. The fourth-order valence-electron chi connectivity index (χ4n) is 1.64. The highest BCUT2D eigenvalue weighted by Gasteiger charge is 2.11. The minimum absolute atomic E-state index is 0.0128. The van der Waals surface area contributed by atoms with E-state index in [4.69, 9.17) is 10.5 Å². The van der Waals surface area contributed by atoms with E-state index in [1.165, 1.54) is 17.2 Å². The van der Waals surface area contributed by atoms with Crippen LogP contribution in [-0.2, 0) is 25.1 Å². The van der Waals surface area contributed by atoms with Crippen LogP contribution >= 0.6 is 15.2 Å².